The van der Waals surface area contributed by atoms with E-state index in [1.54, 1.807) is 0 Å². The van der Waals surface area contributed by atoms with Crippen LogP contribution in [0.2, 0.25) is 0 Å². The minimum absolute atomic E-state index is 0.138. The SMILES string of the molecule is CC(C)(C)S(=O)N[C@](C)(c1nc(Br)ccc1F)C(F)(F)[C@@H](O)C(F)(F)F. The Morgan fingerprint density at radius 3 is 2.08 bits per heavy atom. The van der Waals surface area contributed by atoms with E-state index in [-0.39, 0.29) is 4.60 Å². The third kappa shape index (κ3) is 4.57. The lowest BCUT2D eigenvalue weighted by Gasteiger charge is -2.41. The number of nitrogens with zero attached hydrogens (tertiary/aromatic N) is 1. The minimum atomic E-state index is -5.71. The van der Waals surface area contributed by atoms with E-state index in [1.807, 2.05) is 4.72 Å². The molecule has 0 amide bonds. The van der Waals surface area contributed by atoms with Crippen molar-refractivity contribution in [1.29, 1.82) is 0 Å². The van der Waals surface area contributed by atoms with Crippen LogP contribution in [-0.2, 0) is 16.5 Å². The van der Waals surface area contributed by atoms with E-state index >= 15 is 0 Å². The molecule has 2 N–H and O–H groups in total. The summed E-state index contributed by atoms with van der Waals surface area (Å²) in [7, 11) is -2.34. The third-order valence-corrected chi connectivity index (χ3v) is 5.61. The molecule has 0 bridgehead atoms. The lowest BCUT2D eigenvalue weighted by Crippen LogP contribution is -2.64. The van der Waals surface area contributed by atoms with Crippen LogP contribution in [0.3, 0.4) is 0 Å². The van der Waals surface area contributed by atoms with Crippen LogP contribution >= 0.6 is 15.9 Å². The average Bonchev–Trinajstić information content (AvgIpc) is 2.46. The summed E-state index contributed by atoms with van der Waals surface area (Å²) in [6, 6.07) is 1.76. The molecular formula is C14H17BrF6N2O2S. The Balaban J connectivity index is 3.67. The van der Waals surface area contributed by atoms with Crippen molar-refractivity contribution in [3.05, 3.63) is 28.2 Å². The summed E-state index contributed by atoms with van der Waals surface area (Å²) < 4.78 is 94.8. The van der Waals surface area contributed by atoms with Crippen molar-refractivity contribution in [1.82, 2.24) is 9.71 Å². The number of alkyl halides is 5. The molecule has 0 aromatic carbocycles. The maximum atomic E-state index is 14.7. The smallest absolute Gasteiger partial charge is 0.379 e. The number of aliphatic hydroxyl groups is 1. The number of rotatable bonds is 5. The maximum Gasteiger partial charge on any atom is 0.420 e. The lowest BCUT2D eigenvalue weighted by molar-refractivity contribution is -0.288. The van der Waals surface area contributed by atoms with E-state index in [9.17, 15) is 35.7 Å². The van der Waals surface area contributed by atoms with E-state index < -0.39 is 51.0 Å². The largest absolute Gasteiger partial charge is 0.420 e. The maximum absolute atomic E-state index is 14.7. The predicted molar refractivity (Wildman–Crippen MR) is 87.3 cm³/mol. The summed E-state index contributed by atoms with van der Waals surface area (Å²) in [5, 5.41) is 9.21. The molecule has 150 valence electrons. The van der Waals surface area contributed by atoms with Gasteiger partial charge in [0, 0.05) is 0 Å². The zero-order valence-corrected chi connectivity index (χ0v) is 16.5. The third-order valence-electron chi connectivity index (χ3n) is 3.46. The number of aliphatic hydroxyl groups excluding tert-OH is 1. The van der Waals surface area contributed by atoms with Gasteiger partial charge in [0.25, 0.3) is 0 Å². The van der Waals surface area contributed by atoms with Crippen LogP contribution in [0.5, 0.6) is 0 Å². The topological polar surface area (TPSA) is 62.2 Å². The van der Waals surface area contributed by atoms with Crippen LogP contribution in [0.15, 0.2) is 16.7 Å². The molecule has 0 radical (unpaired) electrons. The van der Waals surface area contributed by atoms with Crippen LogP contribution in [0, 0.1) is 5.82 Å². The molecule has 4 nitrogen and oxygen atoms in total. The van der Waals surface area contributed by atoms with Crippen LogP contribution in [0.25, 0.3) is 0 Å². The quantitative estimate of drug-likeness (QED) is 0.508. The van der Waals surface area contributed by atoms with Crippen molar-refractivity contribution in [3.8, 4) is 0 Å². The second kappa shape index (κ2) is 7.36. The molecule has 12 heteroatoms. The van der Waals surface area contributed by atoms with Crippen molar-refractivity contribution in [3.63, 3.8) is 0 Å². The summed E-state index contributed by atoms with van der Waals surface area (Å²) in [4.78, 5) is 3.50. The van der Waals surface area contributed by atoms with E-state index in [0.717, 1.165) is 6.07 Å². The minimum Gasteiger partial charge on any atom is -0.379 e. The summed E-state index contributed by atoms with van der Waals surface area (Å²) in [5.74, 6) is -6.37. The molecule has 3 atom stereocenters. The van der Waals surface area contributed by atoms with Gasteiger partial charge in [-0.2, -0.15) is 13.2 Å². The Labute approximate surface area is 157 Å². The predicted octanol–water partition coefficient (Wildman–Crippen LogP) is 3.81. The molecule has 0 aliphatic rings. The Kier molecular flexibility index (Phi) is 6.60. The molecule has 26 heavy (non-hydrogen) atoms. The highest BCUT2D eigenvalue weighted by atomic mass is 79.9. The summed E-state index contributed by atoms with van der Waals surface area (Å²) in [6.45, 7) is 4.63. The van der Waals surface area contributed by atoms with Gasteiger partial charge in [-0.25, -0.2) is 27.1 Å². The fourth-order valence-corrected chi connectivity index (χ4v) is 3.08. The van der Waals surface area contributed by atoms with Crippen molar-refractivity contribution in [2.75, 3.05) is 0 Å². The van der Waals surface area contributed by atoms with Crippen molar-refractivity contribution in [2.24, 2.45) is 0 Å². The first-order valence-corrected chi connectivity index (χ1v) is 9.03. The molecule has 1 rings (SSSR count). The van der Waals surface area contributed by atoms with Gasteiger partial charge in [-0.05, 0) is 55.8 Å². The van der Waals surface area contributed by atoms with Gasteiger partial charge in [0.15, 0.2) is 0 Å². The summed E-state index contributed by atoms with van der Waals surface area (Å²) >= 11 is 2.83. The molecule has 0 aliphatic carbocycles. The molecule has 1 heterocycles. The number of hydrogen-bond donors (Lipinski definition) is 2. The van der Waals surface area contributed by atoms with Crippen LogP contribution in [0.4, 0.5) is 26.3 Å². The van der Waals surface area contributed by atoms with Crippen molar-refractivity contribution in [2.45, 2.75) is 56.2 Å². The van der Waals surface area contributed by atoms with E-state index in [4.69, 9.17) is 0 Å². The fourth-order valence-electron chi connectivity index (χ4n) is 1.86. The molecule has 0 saturated carbocycles. The zero-order valence-electron chi connectivity index (χ0n) is 14.1. The first-order valence-electron chi connectivity index (χ1n) is 7.09. The van der Waals surface area contributed by atoms with Gasteiger partial charge >= 0.3 is 12.1 Å². The molecule has 0 fully saturated rings. The molecule has 1 aromatic rings. The molecule has 1 aromatic heterocycles. The van der Waals surface area contributed by atoms with E-state index in [1.165, 1.54) is 20.8 Å². The first-order chi connectivity index (χ1) is 11.4. The molecule has 0 aliphatic heterocycles. The normalized spacial score (nSPS) is 18.3. The van der Waals surface area contributed by atoms with Crippen LogP contribution in [0.1, 0.15) is 33.4 Å². The molecular weight excluding hydrogens is 454 g/mol. The number of aromatic nitrogens is 1. The van der Waals surface area contributed by atoms with Gasteiger partial charge in [0.05, 0.1) is 15.7 Å². The average molecular weight is 471 g/mol. The Morgan fingerprint density at radius 1 is 1.15 bits per heavy atom. The summed E-state index contributed by atoms with van der Waals surface area (Å²) in [6.07, 6.45) is -9.86. The monoisotopic (exact) mass is 470 g/mol. The number of nitrogens with one attached hydrogen (secondary N) is 1. The van der Waals surface area contributed by atoms with Crippen LogP contribution < -0.4 is 4.72 Å². The van der Waals surface area contributed by atoms with Crippen LogP contribution in [-0.4, -0.2) is 37.2 Å². The van der Waals surface area contributed by atoms with Gasteiger partial charge in [-0.1, -0.05) is 0 Å². The number of halogens is 7. The Morgan fingerprint density at radius 2 is 1.65 bits per heavy atom. The fraction of sp³-hybridized carbons (Fsp3) is 0.643. The van der Waals surface area contributed by atoms with E-state index in [2.05, 4.69) is 20.9 Å². The first kappa shape index (κ1) is 23.3. The zero-order chi connectivity index (χ0) is 20.7. The second-order valence-corrected chi connectivity index (χ2v) is 9.42. The van der Waals surface area contributed by atoms with Gasteiger partial charge in [0.2, 0.25) is 6.10 Å². The molecule has 1 unspecified atom stereocenters. The standard InChI is InChI=1S/C14H17BrF6N2O2S/c1-11(2,3)26(25)23-12(4,9-7(16)5-6-8(15)22-9)13(17,18)10(24)14(19,20)21/h5-6,10,23-24H,1-4H3/t10-,12-,26?/m1/s1. The highest BCUT2D eigenvalue weighted by Crippen LogP contribution is 2.45. The molecule has 0 spiro atoms. The molecule has 0 saturated heterocycles. The number of hydrogen-bond acceptors (Lipinski definition) is 3. The Bertz CT molecular complexity index is 695. The van der Waals surface area contributed by atoms with Crippen molar-refractivity contribution >= 4 is 26.9 Å². The van der Waals surface area contributed by atoms with Gasteiger partial charge in [-0.15, -0.1) is 0 Å². The van der Waals surface area contributed by atoms with Gasteiger partial charge < -0.3 is 5.11 Å². The lowest BCUT2D eigenvalue weighted by atomic mass is 9.86. The Hall–Kier alpha value is -0.720. The highest BCUT2D eigenvalue weighted by molar-refractivity contribution is 9.10. The van der Waals surface area contributed by atoms with Gasteiger partial charge in [-0.3, -0.25) is 0 Å². The van der Waals surface area contributed by atoms with Crippen molar-refractivity contribution < 1.29 is 35.7 Å². The van der Waals surface area contributed by atoms with Gasteiger partial charge in [0.1, 0.15) is 21.7 Å². The number of pyridine rings is 1. The summed E-state index contributed by atoms with van der Waals surface area (Å²) in [5.41, 5.74) is -4.37. The second-order valence-electron chi connectivity index (χ2n) is 6.64. The highest BCUT2D eigenvalue weighted by Gasteiger charge is 2.66. The van der Waals surface area contributed by atoms with E-state index in [0.29, 0.717) is 13.0 Å².